The first-order valence-corrected chi connectivity index (χ1v) is 6.83. The minimum Gasteiger partial charge on any atom is -0.334 e. The molecule has 1 N–H and O–H groups in total. The second-order valence-electron chi connectivity index (χ2n) is 6.81. The molecular weight excluding hydrogens is 212 g/mol. The van der Waals surface area contributed by atoms with Crippen LogP contribution in [0.2, 0.25) is 0 Å². The van der Waals surface area contributed by atoms with E-state index < -0.39 is 0 Å². The minimum atomic E-state index is 0.0827. The molecule has 0 aromatic rings. The van der Waals surface area contributed by atoms with Crippen LogP contribution in [0.3, 0.4) is 0 Å². The molecule has 2 aliphatic carbocycles. The highest BCUT2D eigenvalue weighted by Gasteiger charge is 2.59. The van der Waals surface area contributed by atoms with E-state index >= 15 is 0 Å². The Kier molecular flexibility index (Phi) is 2.91. The van der Waals surface area contributed by atoms with Crippen molar-refractivity contribution in [2.24, 2.45) is 16.7 Å². The van der Waals surface area contributed by atoms with Crippen molar-refractivity contribution in [3.63, 3.8) is 0 Å². The molecule has 0 radical (unpaired) electrons. The van der Waals surface area contributed by atoms with Crippen LogP contribution in [0, 0.1) is 16.7 Å². The summed E-state index contributed by atoms with van der Waals surface area (Å²) in [6, 6.07) is 0.412. The van der Waals surface area contributed by atoms with Gasteiger partial charge >= 0.3 is 6.03 Å². The first-order chi connectivity index (χ1) is 7.81. The summed E-state index contributed by atoms with van der Waals surface area (Å²) in [5.41, 5.74) is 0.565. The molecule has 3 nitrogen and oxygen atoms in total. The van der Waals surface area contributed by atoms with Crippen molar-refractivity contribution in [1.29, 1.82) is 0 Å². The molecule has 0 spiro atoms. The van der Waals surface area contributed by atoms with Gasteiger partial charge in [0.15, 0.2) is 0 Å². The van der Waals surface area contributed by atoms with E-state index in [9.17, 15) is 4.79 Å². The Morgan fingerprint density at radius 1 is 1.41 bits per heavy atom. The van der Waals surface area contributed by atoms with Gasteiger partial charge in [-0.25, -0.2) is 4.79 Å². The Bertz CT molecular complexity index is 321. The number of rotatable bonds is 2. The predicted molar refractivity (Wildman–Crippen MR) is 69.9 cm³/mol. The molecule has 3 unspecified atom stereocenters. The second-order valence-corrected chi connectivity index (χ2v) is 6.81. The maximum Gasteiger partial charge on any atom is 0.317 e. The smallest absolute Gasteiger partial charge is 0.317 e. The summed E-state index contributed by atoms with van der Waals surface area (Å²) in [5, 5.41) is 3.28. The summed E-state index contributed by atoms with van der Waals surface area (Å²) < 4.78 is 0. The fraction of sp³-hybridized carbons (Fsp3) is 0.929. The molecule has 2 fully saturated rings. The van der Waals surface area contributed by atoms with E-state index in [1.807, 2.05) is 14.0 Å². The summed E-state index contributed by atoms with van der Waals surface area (Å²) in [6.07, 6.45) is 3.88. The van der Waals surface area contributed by atoms with Crippen LogP contribution in [0.1, 0.15) is 47.0 Å². The fourth-order valence-electron chi connectivity index (χ4n) is 4.04. The van der Waals surface area contributed by atoms with Crippen molar-refractivity contribution in [3.8, 4) is 0 Å². The molecule has 3 atom stereocenters. The first-order valence-electron chi connectivity index (χ1n) is 6.83. The van der Waals surface area contributed by atoms with E-state index in [1.165, 1.54) is 19.3 Å². The number of urea groups is 1. The lowest BCUT2D eigenvalue weighted by Crippen LogP contribution is -2.55. The van der Waals surface area contributed by atoms with Gasteiger partial charge in [-0.1, -0.05) is 20.8 Å². The van der Waals surface area contributed by atoms with Crippen LogP contribution in [-0.2, 0) is 0 Å². The molecule has 0 aromatic heterocycles. The lowest BCUT2D eigenvalue weighted by atomic mass is 9.68. The largest absolute Gasteiger partial charge is 0.334 e. The third-order valence-electron chi connectivity index (χ3n) is 5.36. The van der Waals surface area contributed by atoms with Gasteiger partial charge in [-0.05, 0) is 42.9 Å². The number of hydrogen-bond acceptors (Lipinski definition) is 1. The quantitative estimate of drug-likeness (QED) is 0.788. The summed E-state index contributed by atoms with van der Waals surface area (Å²) in [7, 11) is 1.86. The van der Waals surface area contributed by atoms with Gasteiger partial charge in [0.2, 0.25) is 0 Å². The Balaban J connectivity index is 2.13. The van der Waals surface area contributed by atoms with Crippen molar-refractivity contribution >= 4 is 6.03 Å². The molecular formula is C14H26N2O. The Labute approximate surface area is 105 Å². The monoisotopic (exact) mass is 238 g/mol. The highest BCUT2D eigenvalue weighted by atomic mass is 16.2. The molecule has 0 aliphatic heterocycles. The number of carbonyl (C=O) groups excluding carboxylic acids is 1. The molecule has 98 valence electrons. The van der Waals surface area contributed by atoms with Crippen LogP contribution in [0.15, 0.2) is 0 Å². The normalized spacial score (nSPS) is 38.2. The fourth-order valence-corrected chi connectivity index (χ4v) is 4.04. The zero-order valence-electron chi connectivity index (χ0n) is 11.8. The van der Waals surface area contributed by atoms with E-state index in [1.54, 1.807) is 4.90 Å². The molecule has 2 amide bonds. The average Bonchev–Trinajstić information content (AvgIpc) is 2.74. The standard InChI is InChI=1S/C14H26N2O/c1-6-16(5)12(17)15-11-13(2,3)10-7-8-14(11,4)9-10/h10-11H,6-9H2,1-5H3,(H,15,17). The van der Waals surface area contributed by atoms with Gasteiger partial charge in [0.25, 0.3) is 0 Å². The zero-order valence-corrected chi connectivity index (χ0v) is 11.8. The Morgan fingerprint density at radius 3 is 2.53 bits per heavy atom. The van der Waals surface area contributed by atoms with Crippen LogP contribution in [0.4, 0.5) is 4.79 Å². The van der Waals surface area contributed by atoms with E-state index in [2.05, 4.69) is 26.1 Å². The molecule has 2 aliphatic rings. The maximum absolute atomic E-state index is 12.1. The summed E-state index contributed by atoms with van der Waals surface area (Å²) in [5.74, 6) is 0.782. The van der Waals surface area contributed by atoms with Crippen LogP contribution >= 0.6 is 0 Å². The van der Waals surface area contributed by atoms with Crippen molar-refractivity contribution in [1.82, 2.24) is 10.2 Å². The minimum absolute atomic E-state index is 0.0827. The van der Waals surface area contributed by atoms with Crippen molar-refractivity contribution in [2.75, 3.05) is 13.6 Å². The van der Waals surface area contributed by atoms with Crippen LogP contribution in [0.5, 0.6) is 0 Å². The third-order valence-corrected chi connectivity index (χ3v) is 5.36. The molecule has 0 heterocycles. The summed E-state index contributed by atoms with van der Waals surface area (Å²) in [4.78, 5) is 13.8. The number of carbonyl (C=O) groups is 1. The summed E-state index contributed by atoms with van der Waals surface area (Å²) in [6.45, 7) is 9.75. The number of amides is 2. The molecule has 0 saturated heterocycles. The molecule has 17 heavy (non-hydrogen) atoms. The molecule has 3 heteroatoms. The first kappa shape index (κ1) is 12.7. The number of nitrogens with zero attached hydrogens (tertiary/aromatic N) is 1. The van der Waals surface area contributed by atoms with Gasteiger partial charge < -0.3 is 10.2 Å². The van der Waals surface area contributed by atoms with Gasteiger partial charge in [0, 0.05) is 19.6 Å². The highest BCUT2D eigenvalue weighted by Crippen LogP contribution is 2.62. The van der Waals surface area contributed by atoms with E-state index in [4.69, 9.17) is 0 Å². The average molecular weight is 238 g/mol. The molecule has 2 rings (SSSR count). The van der Waals surface area contributed by atoms with Crippen molar-refractivity contribution in [2.45, 2.75) is 53.0 Å². The summed E-state index contributed by atoms with van der Waals surface area (Å²) >= 11 is 0. The lowest BCUT2D eigenvalue weighted by Gasteiger charge is -2.43. The van der Waals surface area contributed by atoms with Crippen LogP contribution in [0.25, 0.3) is 0 Å². The number of fused-ring (bicyclic) bond motifs is 2. The highest BCUT2D eigenvalue weighted by molar-refractivity contribution is 5.74. The number of nitrogens with one attached hydrogen (secondary N) is 1. The van der Waals surface area contributed by atoms with Gasteiger partial charge in [-0.2, -0.15) is 0 Å². The third kappa shape index (κ3) is 1.84. The second kappa shape index (κ2) is 3.89. The Hall–Kier alpha value is -0.730. The maximum atomic E-state index is 12.1. The molecule has 0 aromatic carbocycles. The number of hydrogen-bond donors (Lipinski definition) is 1. The lowest BCUT2D eigenvalue weighted by molar-refractivity contribution is 0.107. The van der Waals surface area contributed by atoms with E-state index in [0.717, 1.165) is 12.5 Å². The van der Waals surface area contributed by atoms with Gasteiger partial charge in [-0.15, -0.1) is 0 Å². The van der Waals surface area contributed by atoms with Crippen molar-refractivity contribution < 1.29 is 4.79 Å². The van der Waals surface area contributed by atoms with Gasteiger partial charge in [0.05, 0.1) is 0 Å². The van der Waals surface area contributed by atoms with Crippen LogP contribution in [-0.4, -0.2) is 30.6 Å². The molecule has 2 bridgehead atoms. The van der Waals surface area contributed by atoms with Gasteiger partial charge in [0.1, 0.15) is 0 Å². The van der Waals surface area contributed by atoms with Crippen LogP contribution < -0.4 is 5.32 Å². The SMILES string of the molecule is CCN(C)C(=O)NC1C2(C)CCC(C2)C1(C)C. The zero-order chi connectivity index (χ0) is 12.8. The topological polar surface area (TPSA) is 32.3 Å². The van der Waals surface area contributed by atoms with Crippen molar-refractivity contribution in [3.05, 3.63) is 0 Å². The predicted octanol–water partition coefficient (Wildman–Crippen LogP) is 2.86. The van der Waals surface area contributed by atoms with E-state index in [0.29, 0.717) is 11.5 Å². The molecule has 2 saturated carbocycles. The van der Waals surface area contributed by atoms with E-state index in [-0.39, 0.29) is 11.4 Å². The Morgan fingerprint density at radius 2 is 2.06 bits per heavy atom. The van der Waals surface area contributed by atoms with Gasteiger partial charge in [-0.3, -0.25) is 0 Å².